The zero-order chi connectivity index (χ0) is 12.6. The van der Waals surface area contributed by atoms with E-state index < -0.39 is 0 Å². The van der Waals surface area contributed by atoms with Crippen molar-refractivity contribution in [3.8, 4) is 0 Å². The van der Waals surface area contributed by atoms with Crippen molar-refractivity contribution in [2.75, 3.05) is 13.2 Å². The maximum absolute atomic E-state index is 5.59. The summed E-state index contributed by atoms with van der Waals surface area (Å²) in [4.78, 5) is 0. The molecule has 18 heavy (non-hydrogen) atoms. The average molecular weight is 264 g/mol. The molecule has 0 spiro atoms. The standard InChI is InChI=1S/C14H20N2OS/c18-14(16-13-7-8-13)15-9-4-10-17-11-12-5-2-1-3-6-12/h1-3,5-6,13H,4,7-11H2,(H2,15,16,18). The van der Waals surface area contributed by atoms with Gasteiger partial charge in [0.1, 0.15) is 0 Å². The van der Waals surface area contributed by atoms with E-state index >= 15 is 0 Å². The minimum Gasteiger partial charge on any atom is -0.377 e. The Bertz CT molecular complexity index is 365. The number of hydrogen-bond donors (Lipinski definition) is 2. The van der Waals surface area contributed by atoms with Crippen molar-refractivity contribution in [2.24, 2.45) is 0 Å². The molecule has 0 bridgehead atoms. The van der Waals surface area contributed by atoms with Crippen LogP contribution in [0.15, 0.2) is 30.3 Å². The Morgan fingerprint density at radius 2 is 2.06 bits per heavy atom. The van der Waals surface area contributed by atoms with Crippen LogP contribution >= 0.6 is 12.2 Å². The molecule has 1 aromatic carbocycles. The summed E-state index contributed by atoms with van der Waals surface area (Å²) in [6.45, 7) is 2.31. The normalized spacial score (nSPS) is 14.2. The zero-order valence-electron chi connectivity index (χ0n) is 10.5. The molecule has 1 aliphatic rings. The highest BCUT2D eigenvalue weighted by atomic mass is 32.1. The summed E-state index contributed by atoms with van der Waals surface area (Å²) in [7, 11) is 0. The predicted octanol–water partition coefficient (Wildman–Crippen LogP) is 2.22. The fraction of sp³-hybridized carbons (Fsp3) is 0.500. The van der Waals surface area contributed by atoms with Crippen molar-refractivity contribution >= 4 is 17.3 Å². The first kappa shape index (κ1) is 13.3. The summed E-state index contributed by atoms with van der Waals surface area (Å²) < 4.78 is 5.59. The summed E-state index contributed by atoms with van der Waals surface area (Å²) in [6.07, 6.45) is 3.48. The van der Waals surface area contributed by atoms with Crippen LogP contribution in [0, 0.1) is 0 Å². The highest BCUT2D eigenvalue weighted by molar-refractivity contribution is 7.80. The van der Waals surface area contributed by atoms with Gasteiger partial charge in [-0.05, 0) is 37.0 Å². The van der Waals surface area contributed by atoms with Gasteiger partial charge in [-0.2, -0.15) is 0 Å². The quantitative estimate of drug-likeness (QED) is 0.584. The van der Waals surface area contributed by atoms with Gasteiger partial charge in [0.25, 0.3) is 0 Å². The van der Waals surface area contributed by atoms with Crippen LogP contribution in [-0.4, -0.2) is 24.3 Å². The van der Waals surface area contributed by atoms with Crippen LogP contribution in [0.1, 0.15) is 24.8 Å². The molecule has 0 aromatic heterocycles. The molecule has 0 unspecified atom stereocenters. The largest absolute Gasteiger partial charge is 0.377 e. The van der Waals surface area contributed by atoms with Crippen molar-refractivity contribution in [1.82, 2.24) is 10.6 Å². The zero-order valence-corrected chi connectivity index (χ0v) is 11.3. The lowest BCUT2D eigenvalue weighted by molar-refractivity contribution is 0.119. The third kappa shape index (κ3) is 5.47. The molecule has 3 nitrogen and oxygen atoms in total. The molecule has 98 valence electrons. The number of rotatable bonds is 7. The smallest absolute Gasteiger partial charge is 0.166 e. The van der Waals surface area contributed by atoms with E-state index in [-0.39, 0.29) is 0 Å². The Morgan fingerprint density at radius 3 is 2.78 bits per heavy atom. The van der Waals surface area contributed by atoms with Gasteiger partial charge in [-0.15, -0.1) is 0 Å². The first-order valence-electron chi connectivity index (χ1n) is 6.50. The van der Waals surface area contributed by atoms with Crippen LogP contribution in [0.25, 0.3) is 0 Å². The Hall–Kier alpha value is -1.13. The number of hydrogen-bond acceptors (Lipinski definition) is 2. The van der Waals surface area contributed by atoms with Crippen LogP contribution in [0.3, 0.4) is 0 Å². The molecule has 1 saturated carbocycles. The van der Waals surface area contributed by atoms with Gasteiger partial charge < -0.3 is 15.4 Å². The predicted molar refractivity (Wildman–Crippen MR) is 77.5 cm³/mol. The molecule has 0 atom stereocenters. The summed E-state index contributed by atoms with van der Waals surface area (Å²) in [5, 5.41) is 7.22. The topological polar surface area (TPSA) is 33.3 Å². The van der Waals surface area contributed by atoms with Crippen molar-refractivity contribution in [1.29, 1.82) is 0 Å². The second-order valence-electron chi connectivity index (χ2n) is 4.57. The third-order valence-corrected chi connectivity index (χ3v) is 3.04. The number of benzene rings is 1. The Balaban J connectivity index is 1.45. The van der Waals surface area contributed by atoms with Crippen LogP contribution in [-0.2, 0) is 11.3 Å². The summed E-state index contributed by atoms with van der Waals surface area (Å²) in [5.41, 5.74) is 1.22. The van der Waals surface area contributed by atoms with E-state index in [1.54, 1.807) is 0 Å². The van der Waals surface area contributed by atoms with Gasteiger partial charge in [0.15, 0.2) is 5.11 Å². The fourth-order valence-electron chi connectivity index (χ4n) is 1.60. The molecule has 1 fully saturated rings. The third-order valence-electron chi connectivity index (χ3n) is 2.78. The molecule has 1 aliphatic carbocycles. The summed E-state index contributed by atoms with van der Waals surface area (Å²) in [6, 6.07) is 10.9. The molecule has 0 heterocycles. The Kier molecular flexibility index (Phi) is 5.42. The molecule has 0 amide bonds. The van der Waals surface area contributed by atoms with E-state index in [2.05, 4.69) is 22.8 Å². The molecule has 1 aromatic rings. The lowest BCUT2D eigenvalue weighted by Crippen LogP contribution is -2.37. The maximum Gasteiger partial charge on any atom is 0.166 e. The molecule has 2 N–H and O–H groups in total. The average Bonchev–Trinajstić information content (AvgIpc) is 3.19. The monoisotopic (exact) mass is 264 g/mol. The summed E-state index contributed by atoms with van der Waals surface area (Å²) in [5.74, 6) is 0. The van der Waals surface area contributed by atoms with Gasteiger partial charge in [0.05, 0.1) is 6.61 Å². The van der Waals surface area contributed by atoms with E-state index in [0.717, 1.165) is 24.7 Å². The van der Waals surface area contributed by atoms with Crippen molar-refractivity contribution in [3.05, 3.63) is 35.9 Å². The van der Waals surface area contributed by atoms with E-state index in [9.17, 15) is 0 Å². The minimum absolute atomic E-state index is 0.624. The second-order valence-corrected chi connectivity index (χ2v) is 4.97. The minimum atomic E-state index is 0.624. The second kappa shape index (κ2) is 7.34. The number of thiocarbonyl (C=S) groups is 1. The van der Waals surface area contributed by atoms with E-state index in [1.807, 2.05) is 18.2 Å². The SMILES string of the molecule is S=C(NCCCOCc1ccccc1)NC1CC1. The lowest BCUT2D eigenvalue weighted by atomic mass is 10.2. The van der Waals surface area contributed by atoms with Crippen LogP contribution < -0.4 is 10.6 Å². The molecule has 0 saturated heterocycles. The van der Waals surface area contributed by atoms with Gasteiger partial charge in [-0.25, -0.2) is 0 Å². The van der Waals surface area contributed by atoms with Crippen molar-refractivity contribution in [2.45, 2.75) is 31.9 Å². The Morgan fingerprint density at radius 1 is 1.28 bits per heavy atom. The first-order valence-corrected chi connectivity index (χ1v) is 6.91. The van der Waals surface area contributed by atoms with Gasteiger partial charge >= 0.3 is 0 Å². The summed E-state index contributed by atoms with van der Waals surface area (Å²) >= 11 is 5.16. The van der Waals surface area contributed by atoms with Crippen LogP contribution in [0.4, 0.5) is 0 Å². The Labute approximate surface area is 114 Å². The van der Waals surface area contributed by atoms with Gasteiger partial charge in [-0.1, -0.05) is 30.3 Å². The van der Waals surface area contributed by atoms with Gasteiger partial charge in [0.2, 0.25) is 0 Å². The lowest BCUT2D eigenvalue weighted by Gasteiger charge is -2.09. The van der Waals surface area contributed by atoms with Crippen molar-refractivity contribution < 1.29 is 4.74 Å². The number of ether oxygens (including phenoxy) is 1. The van der Waals surface area contributed by atoms with Crippen LogP contribution in [0.2, 0.25) is 0 Å². The molecule has 4 heteroatoms. The van der Waals surface area contributed by atoms with Gasteiger partial charge in [-0.3, -0.25) is 0 Å². The molecular formula is C14H20N2OS. The molecule has 2 rings (SSSR count). The van der Waals surface area contributed by atoms with Gasteiger partial charge in [0, 0.05) is 19.2 Å². The molecule has 0 radical (unpaired) electrons. The number of nitrogens with one attached hydrogen (secondary N) is 2. The first-order chi connectivity index (χ1) is 8.84. The van der Waals surface area contributed by atoms with E-state index in [1.165, 1.54) is 18.4 Å². The van der Waals surface area contributed by atoms with Crippen LogP contribution in [0.5, 0.6) is 0 Å². The van der Waals surface area contributed by atoms with E-state index in [0.29, 0.717) is 12.6 Å². The van der Waals surface area contributed by atoms with E-state index in [4.69, 9.17) is 17.0 Å². The van der Waals surface area contributed by atoms with Crippen molar-refractivity contribution in [3.63, 3.8) is 0 Å². The highest BCUT2D eigenvalue weighted by Gasteiger charge is 2.21. The maximum atomic E-state index is 5.59. The fourth-order valence-corrected chi connectivity index (χ4v) is 1.87. The molecule has 0 aliphatic heterocycles. The molecular weight excluding hydrogens is 244 g/mol. The highest BCUT2D eigenvalue weighted by Crippen LogP contribution is 2.18.